The number of benzene rings is 2. The van der Waals surface area contributed by atoms with Gasteiger partial charge in [-0.15, -0.1) is 5.10 Å². The lowest BCUT2D eigenvalue weighted by molar-refractivity contribution is -0.132. The number of ether oxygens (including phenoxy) is 1. The highest BCUT2D eigenvalue weighted by Gasteiger charge is 2.21. The summed E-state index contributed by atoms with van der Waals surface area (Å²) in [5.41, 5.74) is 3.13. The largest absolute Gasteiger partial charge is 0.494 e. The van der Waals surface area contributed by atoms with Crippen LogP contribution in [-0.2, 0) is 17.8 Å². The van der Waals surface area contributed by atoms with Crippen LogP contribution in [0.4, 0.5) is 0 Å². The van der Waals surface area contributed by atoms with Crippen LogP contribution in [0.5, 0.6) is 5.75 Å². The molecule has 1 amide bonds. The molecule has 0 radical (unpaired) electrons. The van der Waals surface area contributed by atoms with E-state index in [0.29, 0.717) is 13.0 Å². The van der Waals surface area contributed by atoms with E-state index < -0.39 is 0 Å². The number of hydrogen-bond acceptors (Lipinski definition) is 6. The van der Waals surface area contributed by atoms with Gasteiger partial charge < -0.3 is 9.64 Å². The van der Waals surface area contributed by atoms with Crippen molar-refractivity contribution in [1.29, 1.82) is 0 Å². The predicted octanol–water partition coefficient (Wildman–Crippen LogP) is 1.95. The molecule has 1 aromatic heterocycles. The third kappa shape index (κ3) is 5.01. The Labute approximate surface area is 176 Å². The molecule has 0 bridgehead atoms. The molecule has 0 N–H and O–H groups in total. The van der Waals surface area contributed by atoms with Gasteiger partial charge in [-0.2, -0.15) is 0 Å². The Kier molecular flexibility index (Phi) is 6.34. The summed E-state index contributed by atoms with van der Waals surface area (Å²) in [7, 11) is 0. The van der Waals surface area contributed by atoms with Gasteiger partial charge in [-0.3, -0.25) is 9.69 Å². The summed E-state index contributed by atoms with van der Waals surface area (Å²) in [6, 6.07) is 16.0. The highest BCUT2D eigenvalue weighted by molar-refractivity contribution is 5.79. The third-order valence-corrected chi connectivity index (χ3v) is 5.27. The minimum atomic E-state index is 0.172. The lowest BCUT2D eigenvalue weighted by Gasteiger charge is -2.35. The molecule has 1 aliphatic heterocycles. The molecule has 8 nitrogen and oxygen atoms in total. The smallest absolute Gasteiger partial charge is 0.227 e. The molecule has 0 unspecified atom stereocenters. The second kappa shape index (κ2) is 9.49. The monoisotopic (exact) mass is 406 g/mol. The number of carbonyl (C=O) groups is 1. The van der Waals surface area contributed by atoms with Gasteiger partial charge in [-0.25, -0.2) is 4.68 Å². The van der Waals surface area contributed by atoms with E-state index in [-0.39, 0.29) is 5.91 Å². The first-order chi connectivity index (χ1) is 14.7. The van der Waals surface area contributed by atoms with E-state index in [1.165, 1.54) is 5.56 Å². The Hall–Kier alpha value is -3.26. The summed E-state index contributed by atoms with van der Waals surface area (Å²) in [6.07, 6.45) is 1.96. The molecule has 1 aliphatic rings. The molecule has 30 heavy (non-hydrogen) atoms. The number of hydrogen-bond donors (Lipinski definition) is 0. The number of nitrogens with zero attached hydrogens (tertiary/aromatic N) is 6. The second-order valence-corrected chi connectivity index (χ2v) is 7.33. The fourth-order valence-corrected chi connectivity index (χ4v) is 3.60. The van der Waals surface area contributed by atoms with Crippen LogP contribution in [0.3, 0.4) is 0 Å². The molecule has 3 aromatic rings. The minimum absolute atomic E-state index is 0.172. The number of rotatable bonds is 7. The van der Waals surface area contributed by atoms with Crippen molar-refractivity contribution >= 4 is 5.91 Å². The van der Waals surface area contributed by atoms with Gasteiger partial charge in [-0.05, 0) is 52.7 Å². The van der Waals surface area contributed by atoms with Crippen LogP contribution in [0.15, 0.2) is 54.9 Å². The van der Waals surface area contributed by atoms with Crippen LogP contribution < -0.4 is 4.74 Å². The van der Waals surface area contributed by atoms with Crippen LogP contribution in [0.25, 0.3) is 5.69 Å². The maximum Gasteiger partial charge on any atom is 0.227 e. The molecule has 1 saturated heterocycles. The Bertz CT molecular complexity index is 933. The van der Waals surface area contributed by atoms with Crippen molar-refractivity contribution in [3.05, 3.63) is 66.0 Å². The van der Waals surface area contributed by atoms with Crippen LogP contribution >= 0.6 is 0 Å². The lowest BCUT2D eigenvalue weighted by atomic mass is 10.1. The fourth-order valence-electron chi connectivity index (χ4n) is 3.60. The van der Waals surface area contributed by atoms with Crippen molar-refractivity contribution < 1.29 is 9.53 Å². The molecular formula is C22H26N6O2. The average Bonchev–Trinajstić information content (AvgIpc) is 3.31. The minimum Gasteiger partial charge on any atom is -0.494 e. The maximum atomic E-state index is 12.7. The van der Waals surface area contributed by atoms with E-state index >= 15 is 0 Å². The van der Waals surface area contributed by atoms with Gasteiger partial charge in [0.05, 0.1) is 18.7 Å². The first-order valence-electron chi connectivity index (χ1n) is 10.3. The molecule has 0 spiro atoms. The Morgan fingerprint density at radius 2 is 1.67 bits per heavy atom. The summed E-state index contributed by atoms with van der Waals surface area (Å²) in [5.74, 6) is 1.08. The summed E-state index contributed by atoms with van der Waals surface area (Å²) < 4.78 is 7.09. The number of aromatic nitrogens is 4. The van der Waals surface area contributed by atoms with Crippen molar-refractivity contribution in [2.75, 3.05) is 32.8 Å². The number of amides is 1. The van der Waals surface area contributed by atoms with Crippen LogP contribution in [0.1, 0.15) is 18.1 Å². The molecule has 8 heteroatoms. The summed E-state index contributed by atoms with van der Waals surface area (Å²) in [4.78, 5) is 17.1. The summed E-state index contributed by atoms with van der Waals surface area (Å²) in [6.45, 7) is 6.86. The molecule has 0 saturated carbocycles. The molecule has 0 atom stereocenters. The van der Waals surface area contributed by atoms with E-state index in [4.69, 9.17) is 4.74 Å². The molecule has 2 aromatic carbocycles. The van der Waals surface area contributed by atoms with Crippen LogP contribution in [0, 0.1) is 0 Å². The standard InChI is InChI=1S/C22H26N6O2/c1-2-30-21-9-5-19(6-10-21)16-26-11-13-27(14-12-26)22(29)15-18-3-7-20(8-4-18)28-17-23-24-25-28/h3-10,17H,2,11-16H2,1H3. The van der Waals surface area contributed by atoms with Crippen molar-refractivity contribution in [1.82, 2.24) is 30.0 Å². The van der Waals surface area contributed by atoms with E-state index in [2.05, 4.69) is 32.6 Å². The highest BCUT2D eigenvalue weighted by Crippen LogP contribution is 2.15. The van der Waals surface area contributed by atoms with Gasteiger partial charge in [-0.1, -0.05) is 24.3 Å². The molecule has 4 rings (SSSR count). The van der Waals surface area contributed by atoms with Gasteiger partial charge in [0.1, 0.15) is 12.1 Å². The molecular weight excluding hydrogens is 380 g/mol. The summed E-state index contributed by atoms with van der Waals surface area (Å²) in [5, 5.41) is 11.1. The van der Waals surface area contributed by atoms with Crippen LogP contribution in [0.2, 0.25) is 0 Å². The zero-order valence-corrected chi connectivity index (χ0v) is 17.1. The zero-order valence-electron chi connectivity index (χ0n) is 17.1. The SMILES string of the molecule is CCOc1ccc(CN2CCN(C(=O)Cc3ccc(-n4cnnn4)cc3)CC2)cc1. The van der Waals surface area contributed by atoms with E-state index in [1.807, 2.05) is 48.2 Å². The average molecular weight is 406 g/mol. The van der Waals surface area contributed by atoms with Crippen molar-refractivity contribution in [3.63, 3.8) is 0 Å². The summed E-state index contributed by atoms with van der Waals surface area (Å²) >= 11 is 0. The van der Waals surface area contributed by atoms with E-state index in [9.17, 15) is 4.79 Å². The molecule has 1 fully saturated rings. The van der Waals surface area contributed by atoms with Crippen molar-refractivity contribution in [2.24, 2.45) is 0 Å². The van der Waals surface area contributed by atoms with Crippen molar-refractivity contribution in [2.45, 2.75) is 19.9 Å². The highest BCUT2D eigenvalue weighted by atomic mass is 16.5. The predicted molar refractivity (Wildman–Crippen MR) is 112 cm³/mol. The third-order valence-electron chi connectivity index (χ3n) is 5.27. The van der Waals surface area contributed by atoms with Gasteiger partial charge in [0.15, 0.2) is 0 Å². The van der Waals surface area contributed by atoms with Gasteiger partial charge >= 0.3 is 0 Å². The van der Waals surface area contributed by atoms with Crippen LogP contribution in [-0.4, -0.2) is 68.7 Å². The first-order valence-corrected chi connectivity index (χ1v) is 10.3. The van der Waals surface area contributed by atoms with Gasteiger partial charge in [0, 0.05) is 32.7 Å². The first kappa shape index (κ1) is 20.0. The molecule has 156 valence electrons. The quantitative estimate of drug-likeness (QED) is 0.597. The Morgan fingerprint density at radius 3 is 2.30 bits per heavy atom. The normalized spacial score (nSPS) is 14.6. The number of piperazine rings is 1. The van der Waals surface area contributed by atoms with Crippen molar-refractivity contribution in [3.8, 4) is 11.4 Å². The van der Waals surface area contributed by atoms with E-state index in [0.717, 1.165) is 49.7 Å². The van der Waals surface area contributed by atoms with E-state index in [1.54, 1.807) is 11.0 Å². The Balaban J connectivity index is 1.25. The molecule has 2 heterocycles. The van der Waals surface area contributed by atoms with Gasteiger partial charge in [0.25, 0.3) is 0 Å². The topological polar surface area (TPSA) is 76.4 Å². The fraction of sp³-hybridized carbons (Fsp3) is 0.364. The zero-order chi connectivity index (χ0) is 20.8. The lowest BCUT2D eigenvalue weighted by Crippen LogP contribution is -2.48. The maximum absolute atomic E-state index is 12.7. The second-order valence-electron chi connectivity index (χ2n) is 7.33. The van der Waals surface area contributed by atoms with Gasteiger partial charge in [0.2, 0.25) is 5.91 Å². The Morgan fingerprint density at radius 1 is 0.967 bits per heavy atom. The number of tetrazole rings is 1. The molecule has 0 aliphatic carbocycles. The number of carbonyl (C=O) groups excluding carboxylic acids is 1.